The molecular weight excluding hydrogens is 673 g/mol. The van der Waals surface area contributed by atoms with E-state index in [9.17, 15) is 0 Å². The number of pyridine rings is 1. The van der Waals surface area contributed by atoms with Gasteiger partial charge in [0, 0.05) is 45.8 Å². The van der Waals surface area contributed by atoms with E-state index in [0.717, 1.165) is 61.8 Å². The molecule has 6 heteroatoms. The van der Waals surface area contributed by atoms with Gasteiger partial charge in [-0.2, -0.15) is 0 Å². The van der Waals surface area contributed by atoms with Gasteiger partial charge in [-0.15, -0.1) is 0 Å². The number of benzene rings is 5. The Labute approximate surface area is 321 Å². The number of nitrogens with zero attached hydrogens (tertiary/aromatic N) is 6. The Hall–Kier alpha value is -6.66. The fraction of sp³-hybridized carbons (Fsp3) is 0.143. The quantitative estimate of drug-likeness (QED) is 0.156. The molecule has 264 valence electrons. The van der Waals surface area contributed by atoms with Gasteiger partial charge in [0.05, 0.1) is 11.4 Å². The Morgan fingerprint density at radius 1 is 0.400 bits per heavy atom. The van der Waals surface area contributed by atoms with E-state index in [2.05, 4.69) is 96.0 Å². The molecule has 2 aliphatic rings. The first kappa shape index (κ1) is 32.9. The van der Waals surface area contributed by atoms with Gasteiger partial charge < -0.3 is 0 Å². The van der Waals surface area contributed by atoms with Crippen LogP contribution in [0.5, 0.6) is 0 Å². The third kappa shape index (κ3) is 6.50. The largest absolute Gasteiger partial charge is 0.264 e. The second-order valence-corrected chi connectivity index (χ2v) is 14.9. The summed E-state index contributed by atoms with van der Waals surface area (Å²) in [4.78, 5) is 29.6. The van der Waals surface area contributed by atoms with Crippen molar-refractivity contribution >= 4 is 0 Å². The van der Waals surface area contributed by atoms with Gasteiger partial charge in [0.2, 0.25) is 0 Å². The van der Waals surface area contributed by atoms with Crippen LogP contribution in [0.15, 0.2) is 164 Å². The molecule has 0 amide bonds. The van der Waals surface area contributed by atoms with Crippen LogP contribution in [0.25, 0.3) is 79.2 Å². The Kier molecular flexibility index (Phi) is 8.36. The second kappa shape index (κ2) is 14.0. The lowest BCUT2D eigenvalue weighted by molar-refractivity contribution is 0.419. The summed E-state index contributed by atoms with van der Waals surface area (Å²) in [7, 11) is 0. The van der Waals surface area contributed by atoms with E-state index in [1.54, 1.807) is 6.20 Å². The van der Waals surface area contributed by atoms with Crippen molar-refractivity contribution in [2.75, 3.05) is 0 Å². The van der Waals surface area contributed by atoms with Crippen molar-refractivity contribution in [1.29, 1.82) is 0 Å². The van der Waals surface area contributed by atoms with Crippen LogP contribution in [0, 0.1) is 5.92 Å². The van der Waals surface area contributed by atoms with E-state index in [1.807, 2.05) is 66.9 Å². The van der Waals surface area contributed by atoms with Crippen LogP contribution in [-0.4, -0.2) is 29.9 Å². The number of hydrogen-bond acceptors (Lipinski definition) is 6. The van der Waals surface area contributed by atoms with Crippen LogP contribution in [-0.2, 0) is 5.41 Å². The molecule has 0 saturated heterocycles. The van der Waals surface area contributed by atoms with Crippen LogP contribution in [0.4, 0.5) is 0 Å². The van der Waals surface area contributed by atoms with Crippen molar-refractivity contribution < 1.29 is 0 Å². The molecule has 0 unspecified atom stereocenters. The van der Waals surface area contributed by atoms with Crippen LogP contribution in [0.2, 0.25) is 0 Å². The van der Waals surface area contributed by atoms with Gasteiger partial charge >= 0.3 is 0 Å². The highest BCUT2D eigenvalue weighted by Gasteiger charge is 2.45. The van der Waals surface area contributed by atoms with Gasteiger partial charge in [0.25, 0.3) is 0 Å². The van der Waals surface area contributed by atoms with Crippen molar-refractivity contribution in [1.82, 2.24) is 29.9 Å². The zero-order valence-electron chi connectivity index (χ0n) is 30.4. The summed E-state index contributed by atoms with van der Waals surface area (Å²) in [5.41, 5.74) is 11.4. The van der Waals surface area contributed by atoms with E-state index >= 15 is 0 Å². The lowest BCUT2D eigenvalue weighted by atomic mass is 9.77. The van der Waals surface area contributed by atoms with Gasteiger partial charge in [-0.3, -0.25) is 4.98 Å². The topological polar surface area (TPSA) is 77.3 Å². The summed E-state index contributed by atoms with van der Waals surface area (Å²) in [5, 5.41) is 0. The molecule has 0 radical (unpaired) electrons. The summed E-state index contributed by atoms with van der Waals surface area (Å²) >= 11 is 0. The maximum Gasteiger partial charge on any atom is 0.164 e. The number of fused-ring (bicyclic) bond motifs is 2. The van der Waals surface area contributed by atoms with Crippen LogP contribution in [0.3, 0.4) is 0 Å². The van der Waals surface area contributed by atoms with Gasteiger partial charge in [-0.05, 0) is 78.3 Å². The molecule has 2 aliphatic carbocycles. The lowest BCUT2D eigenvalue weighted by Crippen LogP contribution is -2.19. The third-order valence-corrected chi connectivity index (χ3v) is 11.5. The van der Waals surface area contributed by atoms with E-state index in [1.165, 1.54) is 37.7 Å². The van der Waals surface area contributed by atoms with E-state index < -0.39 is 0 Å². The predicted octanol–water partition coefficient (Wildman–Crippen LogP) is 11.6. The Balaban J connectivity index is 1.05. The zero-order valence-corrected chi connectivity index (χ0v) is 30.4. The molecule has 55 heavy (non-hydrogen) atoms. The Morgan fingerprint density at radius 3 is 1.51 bits per heavy atom. The molecule has 8 aromatic rings. The molecule has 0 spiro atoms. The first-order chi connectivity index (χ1) is 27.2. The summed E-state index contributed by atoms with van der Waals surface area (Å²) in [5.74, 6) is 3.50. The molecule has 5 aromatic carbocycles. The average molecular weight is 711 g/mol. The smallest absolute Gasteiger partial charge is 0.164 e. The normalized spacial score (nSPS) is 17.3. The maximum atomic E-state index is 5.11. The fourth-order valence-corrected chi connectivity index (χ4v) is 8.56. The van der Waals surface area contributed by atoms with Crippen molar-refractivity contribution in [3.63, 3.8) is 0 Å². The van der Waals surface area contributed by atoms with Crippen molar-refractivity contribution in [2.24, 2.45) is 5.92 Å². The Bertz CT molecular complexity index is 2600. The molecular formula is C49H38N6. The van der Waals surface area contributed by atoms with Gasteiger partial charge in [0.15, 0.2) is 23.3 Å². The maximum absolute atomic E-state index is 5.11. The van der Waals surface area contributed by atoms with Crippen molar-refractivity contribution in [3.8, 4) is 79.2 Å². The molecule has 2 fully saturated rings. The number of aromatic nitrogens is 6. The van der Waals surface area contributed by atoms with Crippen molar-refractivity contribution in [3.05, 3.63) is 170 Å². The molecule has 0 aliphatic heterocycles. The van der Waals surface area contributed by atoms with Crippen LogP contribution >= 0.6 is 0 Å². The van der Waals surface area contributed by atoms with E-state index in [4.69, 9.17) is 24.9 Å². The number of rotatable bonds is 8. The molecule has 0 atom stereocenters. The fourth-order valence-electron chi connectivity index (χ4n) is 8.56. The minimum atomic E-state index is 0.355. The van der Waals surface area contributed by atoms with Gasteiger partial charge in [-0.25, -0.2) is 24.9 Å². The average Bonchev–Trinajstić information content (AvgIpc) is 3.91. The highest BCUT2D eigenvalue weighted by atomic mass is 15.0. The molecule has 10 rings (SSSR count). The van der Waals surface area contributed by atoms with Crippen molar-refractivity contribution in [2.45, 2.75) is 37.5 Å². The first-order valence-corrected chi connectivity index (χ1v) is 19.1. The molecule has 2 saturated carbocycles. The van der Waals surface area contributed by atoms with Crippen LogP contribution in [0.1, 0.15) is 37.7 Å². The monoisotopic (exact) mass is 710 g/mol. The first-order valence-electron chi connectivity index (χ1n) is 19.1. The summed E-state index contributed by atoms with van der Waals surface area (Å²) in [6.07, 6.45) is 10.3. The second-order valence-electron chi connectivity index (χ2n) is 14.9. The molecule has 3 heterocycles. The molecule has 3 aromatic heterocycles. The van der Waals surface area contributed by atoms with Crippen LogP contribution < -0.4 is 0 Å². The Morgan fingerprint density at radius 2 is 0.909 bits per heavy atom. The van der Waals surface area contributed by atoms with Gasteiger partial charge in [0.1, 0.15) is 0 Å². The number of hydrogen-bond donors (Lipinski definition) is 0. The van der Waals surface area contributed by atoms with Gasteiger partial charge in [-0.1, -0.05) is 133 Å². The highest BCUT2D eigenvalue weighted by molar-refractivity contribution is 5.76. The minimum absolute atomic E-state index is 0.355. The molecule has 6 nitrogen and oxygen atoms in total. The zero-order chi connectivity index (χ0) is 36.6. The standard InChI is InChI=1S/C49H38N6/c1-3-9-36(10-4-1)45-51-43(35-18-16-34(17-19-35)41-15-8-28-50-32-41)30-44(52-45)39-13-7-14-40(29-39)48-54-46(37-11-5-2-6-12-37)53-47(55-48)38-20-22-42(23-21-38)49-26-24-33(31-49)25-27-49/h1-23,28-30,32-33H,24-27,31H2. The minimum Gasteiger partial charge on any atom is -0.264 e. The molecule has 2 bridgehead atoms. The molecule has 0 N–H and O–H groups in total. The van der Waals surface area contributed by atoms with E-state index in [0.29, 0.717) is 28.7 Å². The summed E-state index contributed by atoms with van der Waals surface area (Å²) < 4.78 is 0. The predicted molar refractivity (Wildman–Crippen MR) is 220 cm³/mol. The summed E-state index contributed by atoms with van der Waals surface area (Å²) in [6, 6.07) is 52.2. The lowest BCUT2D eigenvalue weighted by Gasteiger charge is -2.27. The SMILES string of the molecule is c1ccc(-c2nc(-c3ccc(-c4cccnc4)cc3)cc(-c3cccc(-c4nc(-c5ccccc5)nc(-c5ccc(C67CCC(CC6)C7)cc5)n4)c3)n2)cc1. The third-order valence-electron chi connectivity index (χ3n) is 11.5. The summed E-state index contributed by atoms with van der Waals surface area (Å²) in [6.45, 7) is 0. The highest BCUT2D eigenvalue weighted by Crippen LogP contribution is 2.55. The van der Waals surface area contributed by atoms with E-state index in [-0.39, 0.29) is 0 Å².